The van der Waals surface area contributed by atoms with Gasteiger partial charge < -0.3 is 14.6 Å². The molecule has 1 aromatic heterocycles. The van der Waals surface area contributed by atoms with Gasteiger partial charge in [-0.25, -0.2) is 4.98 Å². The van der Waals surface area contributed by atoms with Gasteiger partial charge >= 0.3 is 0 Å². The van der Waals surface area contributed by atoms with Crippen LogP contribution in [-0.4, -0.2) is 28.2 Å². The van der Waals surface area contributed by atoms with E-state index in [1.54, 1.807) is 0 Å². The highest BCUT2D eigenvalue weighted by molar-refractivity contribution is 6.30. The standard InChI is InChI=1S/C18H24ClN3O/c1-3-22-10-9-20-18(22)17-16(8-11-23-17)21-13(2)12-14-4-6-15(19)7-5-14/h4-7,9-10,13,16-17,21H,3,8,11-12H2,1-2H3/t13-,16+,17+/m1/s1. The van der Waals surface area contributed by atoms with Crippen LogP contribution in [0.15, 0.2) is 36.7 Å². The molecule has 0 aliphatic carbocycles. The molecule has 0 bridgehead atoms. The number of benzene rings is 1. The van der Waals surface area contributed by atoms with Crippen LogP contribution in [0.5, 0.6) is 0 Å². The van der Waals surface area contributed by atoms with Gasteiger partial charge in [0, 0.05) is 42.7 Å². The first-order valence-corrected chi connectivity index (χ1v) is 8.68. The summed E-state index contributed by atoms with van der Waals surface area (Å²) in [5, 5.41) is 4.50. The summed E-state index contributed by atoms with van der Waals surface area (Å²) in [5.74, 6) is 1.03. The van der Waals surface area contributed by atoms with Crippen molar-refractivity contribution in [1.82, 2.24) is 14.9 Å². The molecule has 3 atom stereocenters. The highest BCUT2D eigenvalue weighted by Crippen LogP contribution is 2.28. The van der Waals surface area contributed by atoms with Crippen molar-refractivity contribution in [2.75, 3.05) is 6.61 Å². The molecule has 1 aromatic carbocycles. The van der Waals surface area contributed by atoms with E-state index in [2.05, 4.69) is 40.8 Å². The predicted molar refractivity (Wildman–Crippen MR) is 92.8 cm³/mol. The molecule has 23 heavy (non-hydrogen) atoms. The Kier molecular flexibility index (Phi) is 5.36. The lowest BCUT2D eigenvalue weighted by Crippen LogP contribution is -2.40. The van der Waals surface area contributed by atoms with Gasteiger partial charge in [0.2, 0.25) is 0 Å². The smallest absolute Gasteiger partial charge is 0.139 e. The van der Waals surface area contributed by atoms with Gasteiger partial charge in [-0.1, -0.05) is 23.7 Å². The molecule has 1 saturated heterocycles. The van der Waals surface area contributed by atoms with E-state index in [9.17, 15) is 0 Å². The van der Waals surface area contributed by atoms with Crippen molar-refractivity contribution in [2.45, 2.75) is 51.4 Å². The number of rotatable bonds is 6. The third kappa shape index (κ3) is 3.94. The summed E-state index contributed by atoms with van der Waals surface area (Å²) in [6.07, 6.45) is 5.91. The summed E-state index contributed by atoms with van der Waals surface area (Å²) in [7, 11) is 0. The van der Waals surface area contributed by atoms with Crippen LogP contribution in [0.4, 0.5) is 0 Å². The van der Waals surface area contributed by atoms with Gasteiger partial charge in [0.05, 0.1) is 0 Å². The minimum absolute atomic E-state index is 0.0395. The quantitative estimate of drug-likeness (QED) is 0.877. The van der Waals surface area contributed by atoms with Crippen LogP contribution in [0, 0.1) is 0 Å². The van der Waals surface area contributed by atoms with Crippen LogP contribution in [0.2, 0.25) is 5.02 Å². The Hall–Kier alpha value is -1.36. The molecule has 1 fully saturated rings. The first-order valence-electron chi connectivity index (χ1n) is 8.30. The SMILES string of the molecule is CCn1ccnc1[C@H]1OCC[C@@H]1N[C@H](C)Cc1ccc(Cl)cc1. The van der Waals surface area contributed by atoms with Gasteiger partial charge in [-0.15, -0.1) is 0 Å². The number of hydrogen-bond acceptors (Lipinski definition) is 3. The van der Waals surface area contributed by atoms with Gasteiger partial charge in [0.1, 0.15) is 11.9 Å². The molecule has 0 unspecified atom stereocenters. The van der Waals surface area contributed by atoms with Gasteiger partial charge in [0.25, 0.3) is 0 Å². The van der Waals surface area contributed by atoms with E-state index in [-0.39, 0.29) is 6.10 Å². The van der Waals surface area contributed by atoms with Crippen LogP contribution < -0.4 is 5.32 Å². The number of hydrogen-bond donors (Lipinski definition) is 1. The second-order valence-electron chi connectivity index (χ2n) is 6.16. The number of halogens is 1. The number of aryl methyl sites for hydroxylation is 1. The van der Waals surface area contributed by atoms with Crippen LogP contribution in [0.1, 0.15) is 37.8 Å². The van der Waals surface area contributed by atoms with Gasteiger partial charge in [-0.05, 0) is 44.4 Å². The summed E-state index contributed by atoms with van der Waals surface area (Å²) in [6.45, 7) is 6.05. The lowest BCUT2D eigenvalue weighted by molar-refractivity contribution is 0.0869. The fourth-order valence-electron chi connectivity index (χ4n) is 3.26. The molecule has 1 N–H and O–H groups in total. The molecule has 2 heterocycles. The minimum atomic E-state index is 0.0395. The zero-order valence-corrected chi connectivity index (χ0v) is 14.5. The Morgan fingerprint density at radius 3 is 2.91 bits per heavy atom. The van der Waals surface area contributed by atoms with Crippen molar-refractivity contribution in [3.05, 3.63) is 53.1 Å². The molecule has 2 aromatic rings. The molecule has 124 valence electrons. The number of imidazole rings is 1. The molecule has 3 rings (SSSR count). The van der Waals surface area contributed by atoms with Crippen molar-refractivity contribution < 1.29 is 4.74 Å². The fraction of sp³-hybridized carbons (Fsp3) is 0.500. The maximum atomic E-state index is 5.96. The Bertz CT molecular complexity index is 625. The molecule has 0 amide bonds. The van der Waals surface area contributed by atoms with Crippen LogP contribution >= 0.6 is 11.6 Å². The molecule has 0 spiro atoms. The van der Waals surface area contributed by atoms with Gasteiger partial charge in [-0.3, -0.25) is 0 Å². The summed E-state index contributed by atoms with van der Waals surface area (Å²) in [5.41, 5.74) is 1.29. The first-order chi connectivity index (χ1) is 11.2. The molecular weight excluding hydrogens is 310 g/mol. The molecule has 4 nitrogen and oxygen atoms in total. The second-order valence-corrected chi connectivity index (χ2v) is 6.59. The van der Waals surface area contributed by atoms with Crippen molar-refractivity contribution >= 4 is 11.6 Å². The highest BCUT2D eigenvalue weighted by atomic mass is 35.5. The number of ether oxygens (including phenoxy) is 1. The predicted octanol–water partition coefficient (Wildman–Crippen LogP) is 3.61. The van der Waals surface area contributed by atoms with Gasteiger partial charge in [-0.2, -0.15) is 0 Å². The summed E-state index contributed by atoms with van der Waals surface area (Å²) in [6, 6.07) is 8.76. The Morgan fingerprint density at radius 2 is 2.17 bits per heavy atom. The number of nitrogens with zero attached hydrogens (tertiary/aromatic N) is 2. The van der Waals surface area contributed by atoms with E-state index in [4.69, 9.17) is 16.3 Å². The topological polar surface area (TPSA) is 39.1 Å². The molecule has 5 heteroatoms. The van der Waals surface area contributed by atoms with Crippen LogP contribution in [-0.2, 0) is 17.7 Å². The van der Waals surface area contributed by atoms with Crippen molar-refractivity contribution in [3.8, 4) is 0 Å². The summed E-state index contributed by atoms with van der Waals surface area (Å²) < 4.78 is 8.12. The largest absolute Gasteiger partial charge is 0.369 e. The van der Waals surface area contributed by atoms with Gasteiger partial charge in [0.15, 0.2) is 0 Å². The molecular formula is C18H24ClN3O. The lowest BCUT2D eigenvalue weighted by Gasteiger charge is -2.24. The normalized spacial score (nSPS) is 22.4. The molecule has 1 aliphatic heterocycles. The van der Waals surface area contributed by atoms with Crippen LogP contribution in [0.3, 0.4) is 0 Å². The van der Waals surface area contributed by atoms with E-state index in [1.165, 1.54) is 5.56 Å². The monoisotopic (exact) mass is 333 g/mol. The number of nitrogens with one attached hydrogen (secondary N) is 1. The third-order valence-corrected chi connectivity index (χ3v) is 4.64. The first kappa shape index (κ1) is 16.5. The van der Waals surface area contributed by atoms with E-state index in [0.29, 0.717) is 12.1 Å². The van der Waals surface area contributed by atoms with E-state index < -0.39 is 0 Å². The Balaban J connectivity index is 1.63. The molecule has 0 radical (unpaired) electrons. The van der Waals surface area contributed by atoms with E-state index in [0.717, 1.165) is 36.8 Å². The lowest BCUT2D eigenvalue weighted by atomic mass is 10.0. The average Bonchev–Trinajstić information content (AvgIpc) is 3.17. The van der Waals surface area contributed by atoms with E-state index in [1.807, 2.05) is 24.5 Å². The fourth-order valence-corrected chi connectivity index (χ4v) is 3.38. The zero-order valence-electron chi connectivity index (χ0n) is 13.7. The van der Waals surface area contributed by atoms with Crippen molar-refractivity contribution in [3.63, 3.8) is 0 Å². The third-order valence-electron chi connectivity index (χ3n) is 4.39. The zero-order chi connectivity index (χ0) is 16.2. The highest BCUT2D eigenvalue weighted by Gasteiger charge is 2.33. The average molecular weight is 334 g/mol. The van der Waals surface area contributed by atoms with Crippen LogP contribution in [0.25, 0.3) is 0 Å². The van der Waals surface area contributed by atoms with Crippen molar-refractivity contribution in [1.29, 1.82) is 0 Å². The van der Waals surface area contributed by atoms with Crippen molar-refractivity contribution in [2.24, 2.45) is 0 Å². The second kappa shape index (κ2) is 7.47. The molecule has 1 aliphatic rings. The Labute approximate surface area is 142 Å². The number of aromatic nitrogens is 2. The Morgan fingerprint density at radius 1 is 1.39 bits per heavy atom. The maximum Gasteiger partial charge on any atom is 0.139 e. The van der Waals surface area contributed by atoms with E-state index >= 15 is 0 Å². The molecule has 0 saturated carbocycles. The summed E-state index contributed by atoms with van der Waals surface area (Å²) >= 11 is 5.95. The maximum absolute atomic E-state index is 5.96. The minimum Gasteiger partial charge on any atom is -0.369 e. The summed E-state index contributed by atoms with van der Waals surface area (Å²) in [4.78, 5) is 4.50.